The number of hydrogen-bond donors (Lipinski definition) is 1. The van der Waals surface area contributed by atoms with Crippen molar-refractivity contribution in [2.75, 3.05) is 12.4 Å². The molecule has 2 aromatic rings. The van der Waals surface area contributed by atoms with Gasteiger partial charge < -0.3 is 5.32 Å². The van der Waals surface area contributed by atoms with E-state index in [1.165, 1.54) is 12.1 Å². The molecule has 1 N–H and O–H groups in total. The zero-order valence-corrected chi connectivity index (χ0v) is 15.2. The van der Waals surface area contributed by atoms with Gasteiger partial charge in [-0.15, -0.1) is 0 Å². The molecule has 0 saturated carbocycles. The van der Waals surface area contributed by atoms with Crippen LogP contribution in [0.15, 0.2) is 18.2 Å². The summed E-state index contributed by atoms with van der Waals surface area (Å²) in [5.74, 6) is 0.861. The third-order valence-corrected chi connectivity index (χ3v) is 4.30. The highest BCUT2D eigenvalue weighted by molar-refractivity contribution is 14.1. The Morgan fingerprint density at radius 3 is 2.43 bits per heavy atom. The molecule has 0 aliphatic carbocycles. The van der Waals surface area contributed by atoms with Crippen molar-refractivity contribution in [1.82, 2.24) is 9.97 Å². The van der Waals surface area contributed by atoms with Crippen LogP contribution in [0.5, 0.6) is 0 Å². The van der Waals surface area contributed by atoms with E-state index in [1.807, 2.05) is 7.05 Å². The standard InChI is InChI=1S/C15H16ClFIN3/c1-15(2,3)12-11(18)14(19-4)21-13(20-12)9-6-5-8(17)7-10(9)16/h5-7H,1-4H3,(H,19,20,21). The predicted molar refractivity (Wildman–Crippen MR) is 93.4 cm³/mol. The van der Waals surface area contributed by atoms with E-state index in [4.69, 9.17) is 11.6 Å². The van der Waals surface area contributed by atoms with Gasteiger partial charge in [0.25, 0.3) is 0 Å². The lowest BCUT2D eigenvalue weighted by Crippen LogP contribution is -2.18. The molecule has 0 saturated heterocycles. The van der Waals surface area contributed by atoms with Crippen molar-refractivity contribution in [2.24, 2.45) is 0 Å². The Hall–Kier alpha value is -0.950. The van der Waals surface area contributed by atoms with Crippen molar-refractivity contribution in [2.45, 2.75) is 26.2 Å². The molecule has 0 spiro atoms. The topological polar surface area (TPSA) is 37.8 Å². The summed E-state index contributed by atoms with van der Waals surface area (Å²) < 4.78 is 14.2. The summed E-state index contributed by atoms with van der Waals surface area (Å²) in [6.07, 6.45) is 0. The molecule has 0 bridgehead atoms. The predicted octanol–water partition coefficient (Wildman–Crippen LogP) is 4.88. The van der Waals surface area contributed by atoms with E-state index in [1.54, 1.807) is 6.07 Å². The smallest absolute Gasteiger partial charge is 0.163 e. The maximum absolute atomic E-state index is 13.2. The van der Waals surface area contributed by atoms with Crippen LogP contribution < -0.4 is 5.32 Å². The maximum Gasteiger partial charge on any atom is 0.163 e. The van der Waals surface area contributed by atoms with E-state index < -0.39 is 0 Å². The highest BCUT2D eigenvalue weighted by Crippen LogP contribution is 2.33. The Bertz CT molecular complexity index is 683. The summed E-state index contributed by atoms with van der Waals surface area (Å²) in [5.41, 5.74) is 1.42. The second kappa shape index (κ2) is 6.04. The summed E-state index contributed by atoms with van der Waals surface area (Å²) in [6, 6.07) is 4.23. The number of rotatable bonds is 2. The molecule has 0 aliphatic heterocycles. The highest BCUT2D eigenvalue weighted by atomic mass is 127. The molecular weight excluding hydrogens is 404 g/mol. The Morgan fingerprint density at radius 1 is 1.24 bits per heavy atom. The van der Waals surface area contributed by atoms with Crippen LogP contribution in [-0.4, -0.2) is 17.0 Å². The average molecular weight is 420 g/mol. The molecule has 2 rings (SSSR count). The number of halogens is 3. The number of aromatic nitrogens is 2. The van der Waals surface area contributed by atoms with Crippen molar-refractivity contribution in [3.05, 3.63) is 38.3 Å². The van der Waals surface area contributed by atoms with Crippen LogP contribution in [0.3, 0.4) is 0 Å². The van der Waals surface area contributed by atoms with Crippen LogP contribution in [0.2, 0.25) is 5.02 Å². The zero-order chi connectivity index (χ0) is 15.8. The van der Waals surface area contributed by atoms with Gasteiger partial charge in [0.05, 0.1) is 14.3 Å². The first-order valence-electron chi connectivity index (χ1n) is 6.45. The lowest BCUT2D eigenvalue weighted by molar-refractivity contribution is 0.564. The van der Waals surface area contributed by atoms with Crippen LogP contribution in [0.25, 0.3) is 11.4 Å². The minimum atomic E-state index is -0.376. The van der Waals surface area contributed by atoms with Crippen LogP contribution in [-0.2, 0) is 5.41 Å². The molecule has 1 aromatic heterocycles. The minimum Gasteiger partial charge on any atom is -0.372 e. The summed E-state index contributed by atoms with van der Waals surface area (Å²) in [7, 11) is 1.81. The first-order chi connectivity index (χ1) is 9.74. The van der Waals surface area contributed by atoms with Crippen LogP contribution in [0.1, 0.15) is 26.5 Å². The lowest BCUT2D eigenvalue weighted by Gasteiger charge is -2.22. The molecule has 0 unspecified atom stereocenters. The number of hydrogen-bond acceptors (Lipinski definition) is 3. The molecule has 0 radical (unpaired) electrons. The molecule has 21 heavy (non-hydrogen) atoms. The van der Waals surface area contributed by atoms with Crippen molar-refractivity contribution in [3.63, 3.8) is 0 Å². The first-order valence-corrected chi connectivity index (χ1v) is 7.91. The number of anilines is 1. The van der Waals surface area contributed by atoms with E-state index in [2.05, 4.69) is 58.6 Å². The summed E-state index contributed by atoms with van der Waals surface area (Å²) >= 11 is 8.36. The minimum absolute atomic E-state index is 0.133. The van der Waals surface area contributed by atoms with Crippen LogP contribution >= 0.6 is 34.2 Å². The fourth-order valence-corrected chi connectivity index (χ4v) is 3.47. The van der Waals surface area contributed by atoms with E-state index in [9.17, 15) is 4.39 Å². The van der Waals surface area contributed by atoms with Gasteiger partial charge in [-0.1, -0.05) is 32.4 Å². The number of benzene rings is 1. The van der Waals surface area contributed by atoms with Gasteiger partial charge in [-0.05, 0) is 40.8 Å². The van der Waals surface area contributed by atoms with Crippen LogP contribution in [0.4, 0.5) is 10.2 Å². The molecule has 0 aliphatic rings. The summed E-state index contributed by atoms with van der Waals surface area (Å²) in [6.45, 7) is 6.27. The second-order valence-corrected chi connectivity index (χ2v) is 7.17. The number of nitrogens with one attached hydrogen (secondary N) is 1. The first kappa shape index (κ1) is 16.4. The number of nitrogens with zero attached hydrogens (tertiary/aromatic N) is 2. The second-order valence-electron chi connectivity index (χ2n) is 5.68. The maximum atomic E-state index is 13.2. The van der Waals surface area contributed by atoms with E-state index in [-0.39, 0.29) is 11.2 Å². The molecule has 0 atom stereocenters. The Morgan fingerprint density at radius 2 is 1.90 bits per heavy atom. The Kier molecular flexibility index (Phi) is 4.72. The van der Waals surface area contributed by atoms with Gasteiger partial charge in [0.2, 0.25) is 0 Å². The van der Waals surface area contributed by atoms with E-state index >= 15 is 0 Å². The average Bonchev–Trinajstić information content (AvgIpc) is 2.38. The molecule has 1 aromatic carbocycles. The molecule has 1 heterocycles. The van der Waals surface area contributed by atoms with Crippen LogP contribution in [0, 0.1) is 9.39 Å². The molecule has 0 fully saturated rings. The van der Waals surface area contributed by atoms with Gasteiger partial charge >= 0.3 is 0 Å². The fraction of sp³-hybridized carbons (Fsp3) is 0.333. The zero-order valence-electron chi connectivity index (χ0n) is 12.3. The molecule has 6 heteroatoms. The van der Waals surface area contributed by atoms with E-state index in [0.717, 1.165) is 15.1 Å². The lowest BCUT2D eigenvalue weighted by atomic mass is 9.91. The van der Waals surface area contributed by atoms with Gasteiger partial charge in [-0.2, -0.15) is 0 Å². The van der Waals surface area contributed by atoms with Crippen molar-refractivity contribution >= 4 is 40.0 Å². The highest BCUT2D eigenvalue weighted by Gasteiger charge is 2.23. The van der Waals surface area contributed by atoms with Crippen molar-refractivity contribution in [3.8, 4) is 11.4 Å². The van der Waals surface area contributed by atoms with Crippen molar-refractivity contribution in [1.29, 1.82) is 0 Å². The Balaban J connectivity index is 2.70. The third kappa shape index (κ3) is 3.45. The Labute approximate surface area is 142 Å². The quantitative estimate of drug-likeness (QED) is 0.705. The third-order valence-electron chi connectivity index (χ3n) is 2.97. The molecule has 112 valence electrons. The summed E-state index contributed by atoms with van der Waals surface area (Å²) in [4.78, 5) is 9.14. The van der Waals surface area contributed by atoms with Gasteiger partial charge in [-0.25, -0.2) is 14.4 Å². The molecule has 0 amide bonds. The summed E-state index contributed by atoms with van der Waals surface area (Å²) in [5, 5.41) is 3.38. The van der Waals surface area contributed by atoms with Gasteiger partial charge in [0.15, 0.2) is 5.82 Å². The monoisotopic (exact) mass is 419 g/mol. The normalized spacial score (nSPS) is 11.6. The SMILES string of the molecule is CNc1nc(-c2ccc(F)cc2Cl)nc(C(C)(C)C)c1I. The largest absolute Gasteiger partial charge is 0.372 e. The fourth-order valence-electron chi connectivity index (χ4n) is 1.90. The van der Waals surface area contributed by atoms with Gasteiger partial charge in [-0.3, -0.25) is 0 Å². The van der Waals surface area contributed by atoms with Gasteiger partial charge in [0, 0.05) is 18.0 Å². The van der Waals surface area contributed by atoms with Crippen molar-refractivity contribution < 1.29 is 4.39 Å². The van der Waals surface area contributed by atoms with E-state index in [0.29, 0.717) is 16.4 Å². The van der Waals surface area contributed by atoms with Gasteiger partial charge in [0.1, 0.15) is 11.6 Å². The molecular formula is C15H16ClFIN3. The molecule has 3 nitrogen and oxygen atoms in total.